The highest BCUT2D eigenvalue weighted by Crippen LogP contribution is 2.22. The molecule has 84 valence electrons. The summed E-state index contributed by atoms with van der Waals surface area (Å²) in [6.45, 7) is 4.08. The van der Waals surface area contributed by atoms with Crippen molar-refractivity contribution in [1.29, 1.82) is 0 Å². The van der Waals surface area contributed by atoms with Crippen LogP contribution in [0.2, 0.25) is 0 Å². The number of nitrogens with two attached hydrogens (primary N) is 1. The summed E-state index contributed by atoms with van der Waals surface area (Å²) in [7, 11) is 0. The minimum atomic E-state index is 0.135. The van der Waals surface area contributed by atoms with E-state index in [1.807, 2.05) is 31.2 Å². The van der Waals surface area contributed by atoms with Crippen LogP contribution in [0.5, 0.6) is 0 Å². The zero-order valence-electron chi connectivity index (χ0n) is 9.53. The van der Waals surface area contributed by atoms with Gasteiger partial charge in [-0.1, -0.05) is 0 Å². The second-order valence-corrected chi connectivity index (χ2v) is 4.01. The minimum absolute atomic E-state index is 0.135. The van der Waals surface area contributed by atoms with Crippen molar-refractivity contribution in [1.82, 2.24) is 0 Å². The zero-order valence-corrected chi connectivity index (χ0v) is 9.53. The van der Waals surface area contributed by atoms with E-state index in [0.717, 1.165) is 22.7 Å². The average Bonchev–Trinajstić information content (AvgIpc) is 2.68. The summed E-state index contributed by atoms with van der Waals surface area (Å²) >= 11 is 0. The number of nitrogen functional groups attached to an aromatic ring is 1. The van der Waals surface area contributed by atoms with Crippen molar-refractivity contribution < 1.29 is 4.42 Å². The molecule has 1 aromatic heterocycles. The molecule has 0 spiro atoms. The predicted molar refractivity (Wildman–Crippen MR) is 66.3 cm³/mol. The van der Waals surface area contributed by atoms with Gasteiger partial charge in [-0.15, -0.1) is 0 Å². The molecule has 3 heteroatoms. The molecule has 3 nitrogen and oxygen atoms in total. The van der Waals surface area contributed by atoms with E-state index in [9.17, 15) is 0 Å². The number of aryl methyl sites for hydroxylation is 1. The summed E-state index contributed by atoms with van der Waals surface area (Å²) in [5.41, 5.74) is 8.73. The molecule has 0 amide bonds. The zero-order chi connectivity index (χ0) is 11.5. The third-order valence-electron chi connectivity index (χ3n) is 2.45. The van der Waals surface area contributed by atoms with Crippen LogP contribution in [0.4, 0.5) is 11.4 Å². The molecule has 0 fully saturated rings. The number of hydrogen-bond acceptors (Lipinski definition) is 3. The Labute approximate surface area is 95.3 Å². The highest BCUT2D eigenvalue weighted by atomic mass is 16.3. The molecular weight excluding hydrogens is 200 g/mol. The minimum Gasteiger partial charge on any atom is -0.467 e. The third kappa shape index (κ3) is 2.37. The average molecular weight is 216 g/mol. The first-order valence-corrected chi connectivity index (χ1v) is 5.32. The highest BCUT2D eigenvalue weighted by molar-refractivity contribution is 5.57. The van der Waals surface area contributed by atoms with Gasteiger partial charge in [0.25, 0.3) is 0 Å². The summed E-state index contributed by atoms with van der Waals surface area (Å²) in [6, 6.07) is 9.91. The highest BCUT2D eigenvalue weighted by Gasteiger charge is 2.07. The molecule has 0 aliphatic rings. The van der Waals surface area contributed by atoms with Gasteiger partial charge in [0.1, 0.15) is 5.76 Å². The lowest BCUT2D eigenvalue weighted by Gasteiger charge is -2.14. The van der Waals surface area contributed by atoms with Crippen LogP contribution in [0.25, 0.3) is 0 Å². The second kappa shape index (κ2) is 4.31. The van der Waals surface area contributed by atoms with Crippen LogP contribution >= 0.6 is 0 Å². The normalized spacial score (nSPS) is 12.4. The fraction of sp³-hybridized carbons (Fsp3) is 0.231. The van der Waals surface area contributed by atoms with Crippen molar-refractivity contribution in [2.24, 2.45) is 0 Å². The Bertz CT molecular complexity index is 443. The molecule has 0 bridgehead atoms. The summed E-state index contributed by atoms with van der Waals surface area (Å²) < 4.78 is 5.33. The molecule has 1 aromatic carbocycles. The monoisotopic (exact) mass is 216 g/mol. The van der Waals surface area contributed by atoms with Crippen LogP contribution < -0.4 is 11.1 Å². The maximum Gasteiger partial charge on any atom is 0.125 e. The van der Waals surface area contributed by atoms with Gasteiger partial charge in [0.15, 0.2) is 0 Å². The maximum atomic E-state index is 5.79. The van der Waals surface area contributed by atoms with E-state index in [1.54, 1.807) is 6.26 Å². The molecule has 0 radical (unpaired) electrons. The molecule has 1 atom stereocenters. The van der Waals surface area contributed by atoms with Gasteiger partial charge in [0.05, 0.1) is 12.3 Å². The van der Waals surface area contributed by atoms with Crippen molar-refractivity contribution in [3.05, 3.63) is 47.9 Å². The lowest BCUT2D eigenvalue weighted by atomic mass is 10.1. The summed E-state index contributed by atoms with van der Waals surface area (Å²) in [4.78, 5) is 0. The molecule has 2 aromatic rings. The van der Waals surface area contributed by atoms with E-state index >= 15 is 0 Å². The molecule has 0 aliphatic carbocycles. The van der Waals surface area contributed by atoms with Gasteiger partial charge in [-0.25, -0.2) is 0 Å². The number of benzene rings is 1. The van der Waals surface area contributed by atoms with Gasteiger partial charge in [-0.2, -0.15) is 0 Å². The van der Waals surface area contributed by atoms with Crippen LogP contribution in [0.15, 0.2) is 41.0 Å². The third-order valence-corrected chi connectivity index (χ3v) is 2.45. The summed E-state index contributed by atoms with van der Waals surface area (Å²) in [5, 5.41) is 3.35. The second-order valence-electron chi connectivity index (χ2n) is 4.01. The lowest BCUT2D eigenvalue weighted by Crippen LogP contribution is -2.06. The Morgan fingerprint density at radius 2 is 2.12 bits per heavy atom. The topological polar surface area (TPSA) is 51.2 Å². The molecule has 0 saturated carbocycles. The Balaban J connectivity index is 2.15. The Hall–Kier alpha value is -1.90. The molecule has 16 heavy (non-hydrogen) atoms. The molecule has 1 unspecified atom stereocenters. The van der Waals surface area contributed by atoms with Gasteiger partial charge >= 0.3 is 0 Å². The fourth-order valence-corrected chi connectivity index (χ4v) is 1.75. The summed E-state index contributed by atoms with van der Waals surface area (Å²) in [5.74, 6) is 0.917. The van der Waals surface area contributed by atoms with Gasteiger partial charge < -0.3 is 15.5 Å². The van der Waals surface area contributed by atoms with E-state index < -0.39 is 0 Å². The van der Waals surface area contributed by atoms with Crippen molar-refractivity contribution in [2.75, 3.05) is 11.1 Å². The van der Waals surface area contributed by atoms with Crippen LogP contribution in [0, 0.1) is 6.92 Å². The van der Waals surface area contributed by atoms with Crippen molar-refractivity contribution in [3.8, 4) is 0 Å². The van der Waals surface area contributed by atoms with Crippen LogP contribution in [0.3, 0.4) is 0 Å². The predicted octanol–water partition coefficient (Wildman–Crippen LogP) is 3.34. The molecule has 0 aliphatic heterocycles. The van der Waals surface area contributed by atoms with E-state index in [4.69, 9.17) is 10.2 Å². The smallest absolute Gasteiger partial charge is 0.125 e. The van der Waals surface area contributed by atoms with Gasteiger partial charge in [-0.3, -0.25) is 0 Å². The number of anilines is 2. The number of rotatable bonds is 3. The number of furan rings is 1. The van der Waals surface area contributed by atoms with Crippen molar-refractivity contribution >= 4 is 11.4 Å². The Kier molecular flexibility index (Phi) is 2.86. The lowest BCUT2D eigenvalue weighted by molar-refractivity contribution is 0.490. The van der Waals surface area contributed by atoms with E-state index in [1.165, 1.54) is 0 Å². The molecule has 2 rings (SSSR count). The van der Waals surface area contributed by atoms with Crippen LogP contribution in [-0.4, -0.2) is 0 Å². The quantitative estimate of drug-likeness (QED) is 0.773. The van der Waals surface area contributed by atoms with Crippen LogP contribution in [0.1, 0.15) is 24.3 Å². The first-order chi connectivity index (χ1) is 7.65. The van der Waals surface area contributed by atoms with Gasteiger partial charge in [0, 0.05) is 11.4 Å². The maximum absolute atomic E-state index is 5.79. The van der Waals surface area contributed by atoms with Crippen molar-refractivity contribution in [3.63, 3.8) is 0 Å². The standard InChI is InChI=1S/C13H16N2O/c1-9-6-11(14)8-12(7-9)15-10(2)13-4-3-5-16-13/h3-8,10,15H,14H2,1-2H3. The molecule has 3 N–H and O–H groups in total. The van der Waals surface area contributed by atoms with E-state index in [0.29, 0.717) is 0 Å². The molecule has 1 heterocycles. The van der Waals surface area contributed by atoms with Crippen molar-refractivity contribution in [2.45, 2.75) is 19.9 Å². The molecular formula is C13H16N2O. The summed E-state index contributed by atoms with van der Waals surface area (Å²) in [6.07, 6.45) is 1.68. The largest absolute Gasteiger partial charge is 0.467 e. The van der Waals surface area contributed by atoms with E-state index in [2.05, 4.69) is 18.3 Å². The Morgan fingerprint density at radius 3 is 2.75 bits per heavy atom. The van der Waals surface area contributed by atoms with Gasteiger partial charge in [0.2, 0.25) is 0 Å². The first kappa shape index (κ1) is 10.6. The number of hydrogen-bond donors (Lipinski definition) is 2. The molecule has 0 saturated heterocycles. The Morgan fingerprint density at radius 1 is 1.31 bits per heavy atom. The fourth-order valence-electron chi connectivity index (χ4n) is 1.75. The SMILES string of the molecule is Cc1cc(N)cc(NC(C)c2ccco2)c1. The van der Waals surface area contributed by atoms with E-state index in [-0.39, 0.29) is 6.04 Å². The number of nitrogens with one attached hydrogen (secondary N) is 1. The van der Waals surface area contributed by atoms with Crippen LogP contribution in [-0.2, 0) is 0 Å². The van der Waals surface area contributed by atoms with Gasteiger partial charge in [-0.05, 0) is 49.7 Å². The first-order valence-electron chi connectivity index (χ1n) is 5.32.